The van der Waals surface area contributed by atoms with E-state index < -0.39 is 12.1 Å². The molecule has 1 aromatic heterocycles. The molecule has 1 heterocycles. The first-order valence-corrected chi connectivity index (χ1v) is 9.64. The minimum absolute atomic E-state index is 0.320. The summed E-state index contributed by atoms with van der Waals surface area (Å²) in [7, 11) is 0. The maximum absolute atomic E-state index is 12.7. The van der Waals surface area contributed by atoms with Crippen LogP contribution in [0.3, 0.4) is 0 Å². The molecule has 0 fully saturated rings. The summed E-state index contributed by atoms with van der Waals surface area (Å²) in [5.74, 6) is -0.812. The summed E-state index contributed by atoms with van der Waals surface area (Å²) in [6.07, 6.45) is -0.262. The van der Waals surface area contributed by atoms with E-state index >= 15 is 0 Å². The quantitative estimate of drug-likeness (QED) is 0.622. The number of hydrogen-bond acceptors (Lipinski definition) is 4. The number of aryl methyl sites for hydroxylation is 1. The molecule has 5 heteroatoms. The van der Waals surface area contributed by atoms with Crippen molar-refractivity contribution >= 4 is 23.2 Å². The van der Waals surface area contributed by atoms with Crippen LogP contribution in [0, 0.1) is 6.92 Å². The van der Waals surface area contributed by atoms with Crippen LogP contribution in [0.2, 0.25) is 0 Å². The molecule has 0 unspecified atom stereocenters. The number of rotatable bonds is 7. The smallest absolute Gasteiger partial charge is 0.349 e. The zero-order valence-electron chi connectivity index (χ0n) is 15.1. The topological polar surface area (TPSA) is 55.4 Å². The molecule has 0 aliphatic rings. The lowest BCUT2D eigenvalue weighted by atomic mass is 10.1. The second kappa shape index (κ2) is 9.14. The molecule has 0 aliphatic heterocycles. The minimum Gasteiger partial charge on any atom is -0.443 e. The van der Waals surface area contributed by atoms with E-state index in [1.165, 1.54) is 11.3 Å². The standard InChI is InChI=1S/C22H21NO3S/c1-16-9-11-18(12-10-16)20(26-22(25)19-8-5-15-27-19)21(24)23-14-13-17-6-3-2-4-7-17/h2-12,15,20H,13-14H2,1H3,(H,23,24)/t20-/m0/s1. The van der Waals surface area contributed by atoms with E-state index in [0.29, 0.717) is 23.4 Å². The highest BCUT2D eigenvalue weighted by Gasteiger charge is 2.25. The van der Waals surface area contributed by atoms with Crippen LogP contribution < -0.4 is 5.32 Å². The lowest BCUT2D eigenvalue weighted by Gasteiger charge is -2.18. The fraction of sp³-hybridized carbons (Fsp3) is 0.182. The summed E-state index contributed by atoms with van der Waals surface area (Å²) in [6.45, 7) is 2.44. The van der Waals surface area contributed by atoms with Crippen LogP contribution in [-0.2, 0) is 16.0 Å². The maximum atomic E-state index is 12.7. The molecule has 27 heavy (non-hydrogen) atoms. The predicted octanol–water partition coefficient (Wildman–Crippen LogP) is 4.31. The van der Waals surface area contributed by atoms with Crippen LogP contribution in [0.25, 0.3) is 0 Å². The Kier molecular flexibility index (Phi) is 6.39. The Balaban J connectivity index is 1.69. The third kappa shape index (κ3) is 5.28. The molecule has 1 atom stereocenters. The van der Waals surface area contributed by atoms with Crippen LogP contribution in [-0.4, -0.2) is 18.4 Å². The first kappa shape index (κ1) is 18.9. The molecule has 1 amide bonds. The normalized spacial score (nSPS) is 11.6. The van der Waals surface area contributed by atoms with Gasteiger partial charge >= 0.3 is 5.97 Å². The van der Waals surface area contributed by atoms with Gasteiger partial charge in [-0.25, -0.2) is 4.79 Å². The molecule has 2 aromatic carbocycles. The molecule has 0 saturated heterocycles. The summed E-state index contributed by atoms with van der Waals surface area (Å²) in [4.78, 5) is 25.6. The van der Waals surface area contributed by atoms with Gasteiger partial charge in [-0.15, -0.1) is 11.3 Å². The van der Waals surface area contributed by atoms with Gasteiger partial charge in [0.1, 0.15) is 4.88 Å². The number of amides is 1. The number of thiophene rings is 1. The summed E-state index contributed by atoms with van der Waals surface area (Å²) in [6, 6.07) is 20.8. The van der Waals surface area contributed by atoms with E-state index in [1.54, 1.807) is 17.5 Å². The number of carbonyl (C=O) groups excluding carboxylic acids is 2. The van der Waals surface area contributed by atoms with E-state index in [0.717, 1.165) is 11.1 Å². The van der Waals surface area contributed by atoms with Crippen molar-refractivity contribution in [1.82, 2.24) is 5.32 Å². The summed E-state index contributed by atoms with van der Waals surface area (Å²) in [5, 5.41) is 4.69. The van der Waals surface area contributed by atoms with Crippen LogP contribution in [0.5, 0.6) is 0 Å². The van der Waals surface area contributed by atoms with Gasteiger partial charge in [0.05, 0.1) is 0 Å². The largest absolute Gasteiger partial charge is 0.443 e. The van der Waals surface area contributed by atoms with E-state index in [1.807, 2.05) is 61.5 Å². The fourth-order valence-electron chi connectivity index (χ4n) is 2.64. The van der Waals surface area contributed by atoms with Gasteiger partial charge < -0.3 is 10.1 Å². The number of ether oxygens (including phenoxy) is 1. The lowest BCUT2D eigenvalue weighted by molar-refractivity contribution is -0.130. The molecule has 0 bridgehead atoms. The molecule has 0 radical (unpaired) electrons. The molecular weight excluding hydrogens is 358 g/mol. The van der Waals surface area contributed by atoms with Gasteiger partial charge in [0.15, 0.2) is 0 Å². The molecule has 0 spiro atoms. The van der Waals surface area contributed by atoms with Gasteiger partial charge in [0.25, 0.3) is 5.91 Å². The number of nitrogens with one attached hydrogen (secondary N) is 1. The number of benzene rings is 2. The van der Waals surface area contributed by atoms with Gasteiger partial charge in [-0.3, -0.25) is 4.79 Å². The van der Waals surface area contributed by atoms with Crippen LogP contribution in [0.4, 0.5) is 0 Å². The number of carbonyl (C=O) groups is 2. The summed E-state index contributed by atoms with van der Waals surface area (Å²) in [5.41, 5.74) is 2.87. The fourth-order valence-corrected chi connectivity index (χ4v) is 3.25. The molecule has 4 nitrogen and oxygen atoms in total. The Morgan fingerprint density at radius 3 is 2.41 bits per heavy atom. The summed E-state index contributed by atoms with van der Waals surface area (Å²) < 4.78 is 5.54. The highest BCUT2D eigenvalue weighted by molar-refractivity contribution is 7.11. The van der Waals surface area contributed by atoms with E-state index in [-0.39, 0.29) is 5.91 Å². The first-order chi connectivity index (χ1) is 13.1. The van der Waals surface area contributed by atoms with Gasteiger partial charge in [0.2, 0.25) is 6.10 Å². The van der Waals surface area contributed by atoms with Crippen LogP contribution in [0.15, 0.2) is 72.1 Å². The Morgan fingerprint density at radius 1 is 1.00 bits per heavy atom. The van der Waals surface area contributed by atoms with Crippen LogP contribution in [0.1, 0.15) is 32.5 Å². The zero-order valence-corrected chi connectivity index (χ0v) is 15.9. The van der Waals surface area contributed by atoms with Gasteiger partial charge in [-0.2, -0.15) is 0 Å². The van der Waals surface area contributed by atoms with Crippen molar-refractivity contribution in [1.29, 1.82) is 0 Å². The highest BCUT2D eigenvalue weighted by atomic mass is 32.1. The van der Waals surface area contributed by atoms with Gasteiger partial charge in [-0.1, -0.05) is 66.2 Å². The lowest BCUT2D eigenvalue weighted by Crippen LogP contribution is -2.33. The minimum atomic E-state index is -0.976. The molecule has 3 aromatic rings. The van der Waals surface area contributed by atoms with Gasteiger partial charge in [-0.05, 0) is 30.4 Å². The van der Waals surface area contributed by atoms with E-state index in [4.69, 9.17) is 4.74 Å². The number of hydrogen-bond donors (Lipinski definition) is 1. The Hall–Kier alpha value is -2.92. The Morgan fingerprint density at radius 2 is 1.74 bits per heavy atom. The van der Waals surface area contributed by atoms with Crippen molar-refractivity contribution in [3.8, 4) is 0 Å². The van der Waals surface area contributed by atoms with Crippen molar-refractivity contribution in [2.24, 2.45) is 0 Å². The highest BCUT2D eigenvalue weighted by Crippen LogP contribution is 2.22. The number of esters is 1. The molecule has 0 aliphatic carbocycles. The molecule has 1 N–H and O–H groups in total. The van der Waals surface area contributed by atoms with Gasteiger partial charge in [0, 0.05) is 12.1 Å². The van der Waals surface area contributed by atoms with Crippen molar-refractivity contribution in [2.45, 2.75) is 19.4 Å². The third-order valence-electron chi connectivity index (χ3n) is 4.12. The third-order valence-corrected chi connectivity index (χ3v) is 4.97. The molecule has 0 saturated carbocycles. The van der Waals surface area contributed by atoms with Crippen molar-refractivity contribution in [2.75, 3.05) is 6.54 Å². The Labute approximate surface area is 162 Å². The van der Waals surface area contributed by atoms with E-state index in [2.05, 4.69) is 5.32 Å². The SMILES string of the molecule is Cc1ccc([C@H](OC(=O)c2cccs2)C(=O)NCCc2ccccc2)cc1. The average molecular weight is 379 g/mol. The predicted molar refractivity (Wildman–Crippen MR) is 107 cm³/mol. The van der Waals surface area contributed by atoms with Crippen molar-refractivity contribution < 1.29 is 14.3 Å². The monoisotopic (exact) mass is 379 g/mol. The molecule has 138 valence electrons. The van der Waals surface area contributed by atoms with Crippen molar-refractivity contribution in [3.63, 3.8) is 0 Å². The summed E-state index contributed by atoms with van der Waals surface area (Å²) >= 11 is 1.29. The average Bonchev–Trinajstić information content (AvgIpc) is 3.22. The second-order valence-corrected chi connectivity index (χ2v) is 7.15. The molecule has 3 rings (SSSR count). The Bertz CT molecular complexity index is 874. The maximum Gasteiger partial charge on any atom is 0.349 e. The zero-order chi connectivity index (χ0) is 19.1. The first-order valence-electron chi connectivity index (χ1n) is 8.76. The van der Waals surface area contributed by atoms with Crippen molar-refractivity contribution in [3.05, 3.63) is 93.7 Å². The van der Waals surface area contributed by atoms with E-state index in [9.17, 15) is 9.59 Å². The second-order valence-electron chi connectivity index (χ2n) is 6.20. The van der Waals surface area contributed by atoms with Crippen LogP contribution >= 0.6 is 11.3 Å². The molecular formula is C22H21NO3S.